The summed E-state index contributed by atoms with van der Waals surface area (Å²) < 4.78 is 44.0. The van der Waals surface area contributed by atoms with Gasteiger partial charge in [-0.25, -0.2) is 4.79 Å². The van der Waals surface area contributed by atoms with E-state index >= 15 is 0 Å². The van der Waals surface area contributed by atoms with E-state index in [4.69, 9.17) is 0 Å². The summed E-state index contributed by atoms with van der Waals surface area (Å²) >= 11 is 0. The van der Waals surface area contributed by atoms with Gasteiger partial charge in [0.25, 0.3) is 0 Å². The van der Waals surface area contributed by atoms with Crippen LogP contribution in [0.25, 0.3) is 0 Å². The van der Waals surface area contributed by atoms with Crippen LogP contribution in [0.1, 0.15) is 35.2 Å². The number of hydrogen-bond acceptors (Lipinski definition) is 6. The lowest BCUT2D eigenvalue weighted by atomic mass is 9.69. The monoisotopic (exact) mass is 369 g/mol. The molecule has 2 N–H and O–H groups in total. The standard InChI is InChI=1S/C15H11BF3NO6/c17-15(18,19)7-5-4-6(11-12(7)20-14(24)26-16(11)25)13(23)10-8(21)2-1-3-9(10)22/h4-5,10,25H,1-3H2,(H,20,24). The molecule has 11 heteroatoms. The molecule has 1 aromatic carbocycles. The van der Waals surface area contributed by atoms with E-state index in [1.165, 1.54) is 0 Å². The molecule has 0 unspecified atom stereocenters. The van der Waals surface area contributed by atoms with Crippen LogP contribution in [-0.4, -0.2) is 35.6 Å². The lowest BCUT2D eigenvalue weighted by Gasteiger charge is -2.26. The lowest BCUT2D eigenvalue weighted by molar-refractivity contribution is -0.137. The molecular formula is C15H11BF3NO6. The van der Waals surface area contributed by atoms with Crippen LogP contribution in [0.2, 0.25) is 0 Å². The van der Waals surface area contributed by atoms with Crippen LogP contribution in [0.3, 0.4) is 0 Å². The molecular weight excluding hydrogens is 358 g/mol. The normalized spacial score (nSPS) is 18.3. The number of alkyl halides is 3. The second kappa shape index (κ2) is 6.24. The highest BCUT2D eigenvalue weighted by Gasteiger charge is 2.45. The molecule has 26 heavy (non-hydrogen) atoms. The Bertz CT molecular complexity index is 821. The van der Waals surface area contributed by atoms with Crippen LogP contribution in [0.5, 0.6) is 0 Å². The molecule has 1 aromatic rings. The number of halogens is 3. The van der Waals surface area contributed by atoms with Crippen LogP contribution in [0.4, 0.5) is 23.7 Å². The summed E-state index contributed by atoms with van der Waals surface area (Å²) in [6.07, 6.45) is -5.91. The average molecular weight is 369 g/mol. The summed E-state index contributed by atoms with van der Waals surface area (Å²) in [5, 5.41) is 11.7. The van der Waals surface area contributed by atoms with E-state index in [0.29, 0.717) is 12.5 Å². The number of nitrogens with one attached hydrogen (secondary N) is 1. The van der Waals surface area contributed by atoms with E-state index in [0.717, 1.165) is 6.07 Å². The zero-order valence-corrected chi connectivity index (χ0v) is 13.1. The lowest BCUT2D eigenvalue weighted by Crippen LogP contribution is -2.49. The second-order valence-electron chi connectivity index (χ2n) is 5.91. The third-order valence-electron chi connectivity index (χ3n) is 4.26. The largest absolute Gasteiger partial charge is 0.566 e. The molecule has 7 nitrogen and oxygen atoms in total. The van der Waals surface area contributed by atoms with Crippen molar-refractivity contribution in [1.29, 1.82) is 0 Å². The first-order valence-electron chi connectivity index (χ1n) is 7.60. The minimum atomic E-state index is -4.88. The topological polar surface area (TPSA) is 110 Å². The molecule has 1 aliphatic carbocycles. The predicted molar refractivity (Wildman–Crippen MR) is 80.8 cm³/mol. The van der Waals surface area contributed by atoms with Gasteiger partial charge in [0.1, 0.15) is 5.92 Å². The number of amides is 1. The summed E-state index contributed by atoms with van der Waals surface area (Å²) in [6.45, 7) is 0. The number of carbonyl (C=O) groups is 4. The van der Waals surface area contributed by atoms with Crippen molar-refractivity contribution < 1.29 is 42.0 Å². The van der Waals surface area contributed by atoms with Crippen LogP contribution in [0, 0.1) is 5.92 Å². The minimum absolute atomic E-state index is 0.000755. The first-order valence-corrected chi connectivity index (χ1v) is 7.60. The van der Waals surface area contributed by atoms with Gasteiger partial charge in [-0.1, -0.05) is 6.07 Å². The predicted octanol–water partition coefficient (Wildman–Crippen LogP) is 1.08. The fourth-order valence-corrected chi connectivity index (χ4v) is 3.11. The van der Waals surface area contributed by atoms with E-state index in [1.54, 1.807) is 0 Å². The molecule has 0 atom stereocenters. The number of Topliss-reactive ketones (excluding diaryl/α,β-unsaturated/α-hetero) is 3. The fourth-order valence-electron chi connectivity index (χ4n) is 3.11. The van der Waals surface area contributed by atoms with Crippen molar-refractivity contribution in [1.82, 2.24) is 0 Å². The van der Waals surface area contributed by atoms with E-state index < -0.39 is 64.9 Å². The molecule has 1 heterocycles. The Morgan fingerprint density at radius 2 is 1.81 bits per heavy atom. The van der Waals surface area contributed by atoms with E-state index in [-0.39, 0.29) is 12.8 Å². The molecule has 136 valence electrons. The highest BCUT2D eigenvalue weighted by Crippen LogP contribution is 2.36. The Kier molecular flexibility index (Phi) is 4.35. The van der Waals surface area contributed by atoms with Gasteiger partial charge in [-0.2, -0.15) is 13.2 Å². The van der Waals surface area contributed by atoms with Crippen molar-refractivity contribution in [2.75, 3.05) is 5.32 Å². The van der Waals surface area contributed by atoms with Crippen LogP contribution in [0.15, 0.2) is 12.1 Å². The maximum atomic E-state index is 13.2. The van der Waals surface area contributed by atoms with Gasteiger partial charge in [-0.05, 0) is 12.5 Å². The fraction of sp³-hybridized carbons (Fsp3) is 0.333. The van der Waals surface area contributed by atoms with Crippen molar-refractivity contribution in [3.8, 4) is 0 Å². The Balaban J connectivity index is 2.16. The first kappa shape index (κ1) is 18.1. The molecule has 3 rings (SSSR count). The zero-order chi connectivity index (χ0) is 19.2. The molecule has 0 bridgehead atoms. The SMILES string of the molecule is O=C1Nc2c(C(F)(F)F)ccc(C(=O)C3C(=O)CCCC3=O)c2B(O)O1. The first-order chi connectivity index (χ1) is 12.1. The number of rotatable bonds is 2. The highest BCUT2D eigenvalue weighted by molar-refractivity contribution is 6.67. The summed E-state index contributed by atoms with van der Waals surface area (Å²) in [5.41, 5.74) is -3.23. The van der Waals surface area contributed by atoms with Gasteiger partial charge < -0.3 is 9.68 Å². The smallest absolute Gasteiger partial charge is 0.489 e. The van der Waals surface area contributed by atoms with Crippen LogP contribution in [-0.2, 0) is 20.4 Å². The van der Waals surface area contributed by atoms with Crippen molar-refractivity contribution in [3.05, 3.63) is 23.3 Å². The number of fused-ring (bicyclic) bond motifs is 1. The van der Waals surface area contributed by atoms with Crippen molar-refractivity contribution in [3.63, 3.8) is 0 Å². The van der Waals surface area contributed by atoms with E-state index in [9.17, 15) is 37.4 Å². The number of anilines is 1. The van der Waals surface area contributed by atoms with Gasteiger partial charge in [0.05, 0.1) is 11.3 Å². The summed E-state index contributed by atoms with van der Waals surface area (Å²) in [4.78, 5) is 48.0. The third-order valence-corrected chi connectivity index (χ3v) is 4.26. The van der Waals surface area contributed by atoms with Crippen molar-refractivity contribution >= 4 is 41.7 Å². The Hall–Kier alpha value is -2.69. The van der Waals surface area contributed by atoms with E-state index in [2.05, 4.69) is 4.65 Å². The van der Waals surface area contributed by atoms with Crippen LogP contribution < -0.4 is 10.8 Å². The van der Waals surface area contributed by atoms with E-state index in [1.807, 2.05) is 5.32 Å². The molecule has 1 fully saturated rings. The molecule has 0 radical (unpaired) electrons. The maximum Gasteiger partial charge on any atom is 0.566 e. The number of carbonyl (C=O) groups excluding carboxylic acids is 4. The van der Waals surface area contributed by atoms with Crippen molar-refractivity contribution in [2.24, 2.45) is 5.92 Å². The van der Waals surface area contributed by atoms with Gasteiger partial charge in [-0.15, -0.1) is 0 Å². The third kappa shape index (κ3) is 2.98. The Morgan fingerprint density at radius 1 is 1.19 bits per heavy atom. The Morgan fingerprint density at radius 3 is 2.38 bits per heavy atom. The molecule has 1 amide bonds. The van der Waals surface area contributed by atoms with Gasteiger partial charge in [-0.3, -0.25) is 19.7 Å². The molecule has 1 saturated carbocycles. The number of ketones is 3. The number of benzene rings is 1. The van der Waals surface area contributed by atoms with Gasteiger partial charge in [0, 0.05) is 23.9 Å². The molecule has 1 aliphatic heterocycles. The van der Waals surface area contributed by atoms with Gasteiger partial charge in [0.15, 0.2) is 17.3 Å². The summed E-state index contributed by atoms with van der Waals surface area (Å²) in [7, 11) is -2.14. The molecule has 2 aliphatic rings. The summed E-state index contributed by atoms with van der Waals surface area (Å²) in [6, 6.07) is 1.31. The maximum absolute atomic E-state index is 13.2. The van der Waals surface area contributed by atoms with Crippen molar-refractivity contribution in [2.45, 2.75) is 25.4 Å². The average Bonchev–Trinajstić information content (AvgIpc) is 2.52. The van der Waals surface area contributed by atoms with Gasteiger partial charge >= 0.3 is 19.4 Å². The van der Waals surface area contributed by atoms with Gasteiger partial charge in [0.2, 0.25) is 0 Å². The van der Waals surface area contributed by atoms with Crippen LogP contribution >= 0.6 is 0 Å². The quantitative estimate of drug-likeness (QED) is 0.459. The molecule has 0 spiro atoms. The second-order valence-corrected chi connectivity index (χ2v) is 5.91. The molecule has 0 aromatic heterocycles. The Labute approximate surface area is 144 Å². The minimum Gasteiger partial charge on any atom is -0.489 e. The zero-order valence-electron chi connectivity index (χ0n) is 13.1. The number of hydrogen-bond donors (Lipinski definition) is 2. The highest BCUT2D eigenvalue weighted by atomic mass is 19.4. The molecule has 0 saturated heterocycles. The summed E-state index contributed by atoms with van der Waals surface area (Å²) in [5.74, 6) is -3.91.